The second-order valence-corrected chi connectivity index (χ2v) is 7.16. The number of rotatable bonds is 4. The largest absolute Gasteiger partial charge is 0.384 e. The second-order valence-electron chi connectivity index (χ2n) is 7.16. The Hall–Kier alpha value is -2.17. The van der Waals surface area contributed by atoms with Gasteiger partial charge in [-0.2, -0.15) is 0 Å². The highest BCUT2D eigenvalue weighted by molar-refractivity contribution is 5.75. The van der Waals surface area contributed by atoms with Crippen molar-refractivity contribution in [3.05, 3.63) is 65.5 Å². The molecule has 0 amide bonds. The lowest BCUT2D eigenvalue weighted by Crippen LogP contribution is -2.42. The monoisotopic (exact) mass is 335 g/mol. The number of para-hydroxylation sites is 2. The Morgan fingerprint density at radius 2 is 1.96 bits per heavy atom. The number of fused-ring (bicyclic) bond motifs is 2. The van der Waals surface area contributed by atoms with Crippen LogP contribution in [0.3, 0.4) is 0 Å². The molecule has 0 radical (unpaired) electrons. The molecule has 1 aromatic heterocycles. The number of aryl methyl sites for hydroxylation is 2. The van der Waals surface area contributed by atoms with Crippen LogP contribution in [-0.2, 0) is 19.1 Å². The molecule has 0 fully saturated rings. The summed E-state index contributed by atoms with van der Waals surface area (Å²) in [5.74, 6) is 0.994. The zero-order chi connectivity index (χ0) is 17.4. The number of nitrogens with zero attached hydrogens (tertiary/aromatic N) is 2. The van der Waals surface area contributed by atoms with Crippen LogP contribution in [0.15, 0.2) is 48.5 Å². The van der Waals surface area contributed by atoms with Crippen molar-refractivity contribution in [1.82, 2.24) is 14.9 Å². The zero-order valence-corrected chi connectivity index (χ0v) is 14.9. The van der Waals surface area contributed by atoms with Crippen LogP contribution in [0, 0.1) is 0 Å². The third-order valence-electron chi connectivity index (χ3n) is 5.46. The highest BCUT2D eigenvalue weighted by Crippen LogP contribution is 2.35. The number of hydrogen-bond acceptors (Lipinski definition) is 3. The molecular weight excluding hydrogens is 310 g/mol. The van der Waals surface area contributed by atoms with Gasteiger partial charge in [0.25, 0.3) is 0 Å². The van der Waals surface area contributed by atoms with E-state index in [1.807, 2.05) is 31.3 Å². The minimum atomic E-state index is -0.798. The first-order chi connectivity index (χ1) is 12.1. The summed E-state index contributed by atoms with van der Waals surface area (Å²) in [4.78, 5) is 4.76. The van der Waals surface area contributed by atoms with E-state index in [-0.39, 0.29) is 6.04 Å². The van der Waals surface area contributed by atoms with Crippen LogP contribution in [-0.4, -0.2) is 21.2 Å². The summed E-state index contributed by atoms with van der Waals surface area (Å²) in [7, 11) is 2.05. The van der Waals surface area contributed by atoms with E-state index in [0.29, 0.717) is 6.54 Å². The average Bonchev–Trinajstić information content (AvgIpc) is 2.98. The van der Waals surface area contributed by atoms with Crippen LogP contribution in [0.1, 0.15) is 42.8 Å². The van der Waals surface area contributed by atoms with E-state index in [9.17, 15) is 5.11 Å². The van der Waals surface area contributed by atoms with E-state index in [4.69, 9.17) is 4.98 Å². The molecular formula is C21H25N3O. The Kier molecular flexibility index (Phi) is 4.10. The fourth-order valence-electron chi connectivity index (χ4n) is 4.05. The number of benzene rings is 2. The van der Waals surface area contributed by atoms with Gasteiger partial charge in [0.1, 0.15) is 11.4 Å². The molecule has 4 heteroatoms. The maximum Gasteiger partial charge on any atom is 0.126 e. The van der Waals surface area contributed by atoms with E-state index < -0.39 is 5.60 Å². The van der Waals surface area contributed by atoms with Crippen LogP contribution in [0.2, 0.25) is 0 Å². The average molecular weight is 335 g/mol. The maximum absolute atomic E-state index is 11.2. The number of aromatic nitrogens is 2. The van der Waals surface area contributed by atoms with Gasteiger partial charge in [0, 0.05) is 13.6 Å². The molecule has 0 spiro atoms. The quantitative estimate of drug-likeness (QED) is 0.768. The van der Waals surface area contributed by atoms with Crippen molar-refractivity contribution < 1.29 is 5.11 Å². The lowest BCUT2D eigenvalue weighted by Gasteiger charge is -2.35. The minimum Gasteiger partial charge on any atom is -0.384 e. The summed E-state index contributed by atoms with van der Waals surface area (Å²) in [5.41, 5.74) is 3.69. The summed E-state index contributed by atoms with van der Waals surface area (Å²) in [6, 6.07) is 16.5. The summed E-state index contributed by atoms with van der Waals surface area (Å²) >= 11 is 0. The summed E-state index contributed by atoms with van der Waals surface area (Å²) in [6.45, 7) is 2.65. The summed E-state index contributed by atoms with van der Waals surface area (Å²) < 4.78 is 2.13. The summed E-state index contributed by atoms with van der Waals surface area (Å²) in [5, 5.41) is 14.8. The van der Waals surface area contributed by atoms with Gasteiger partial charge in [0.15, 0.2) is 0 Å². The van der Waals surface area contributed by atoms with Crippen LogP contribution in [0.4, 0.5) is 0 Å². The Morgan fingerprint density at radius 1 is 1.20 bits per heavy atom. The molecule has 1 aliphatic carbocycles. The molecule has 0 saturated heterocycles. The third kappa shape index (κ3) is 2.86. The SMILES string of the molecule is CC(NCC1(O)CCCc2ccccc21)c1nc2ccccc2n1C. The van der Waals surface area contributed by atoms with Crippen LogP contribution < -0.4 is 5.32 Å². The van der Waals surface area contributed by atoms with Crippen molar-refractivity contribution in [2.24, 2.45) is 7.05 Å². The fraction of sp³-hybridized carbons (Fsp3) is 0.381. The van der Waals surface area contributed by atoms with Gasteiger partial charge in [-0.1, -0.05) is 36.4 Å². The van der Waals surface area contributed by atoms with Gasteiger partial charge in [-0.3, -0.25) is 0 Å². The van der Waals surface area contributed by atoms with Gasteiger partial charge < -0.3 is 15.0 Å². The van der Waals surface area contributed by atoms with Crippen molar-refractivity contribution in [2.75, 3.05) is 6.54 Å². The predicted molar refractivity (Wildman–Crippen MR) is 100 cm³/mol. The zero-order valence-electron chi connectivity index (χ0n) is 14.9. The molecule has 25 heavy (non-hydrogen) atoms. The number of nitrogens with one attached hydrogen (secondary N) is 1. The first-order valence-electron chi connectivity index (χ1n) is 9.04. The second kappa shape index (κ2) is 6.28. The van der Waals surface area contributed by atoms with Crippen molar-refractivity contribution in [3.8, 4) is 0 Å². The Bertz CT molecular complexity index is 901. The standard InChI is InChI=1S/C21H25N3O/c1-15(20-23-18-11-5-6-12-19(18)24(20)2)22-14-21(25)13-7-9-16-8-3-4-10-17(16)21/h3-6,8,10-12,15,22,25H,7,9,13-14H2,1-2H3. The molecule has 0 bridgehead atoms. The topological polar surface area (TPSA) is 50.1 Å². The van der Waals surface area contributed by atoms with Gasteiger partial charge in [0.2, 0.25) is 0 Å². The van der Waals surface area contributed by atoms with Crippen molar-refractivity contribution >= 4 is 11.0 Å². The molecule has 130 valence electrons. The molecule has 3 aromatic rings. The van der Waals surface area contributed by atoms with Gasteiger partial charge in [-0.05, 0) is 49.4 Å². The molecule has 2 aromatic carbocycles. The van der Waals surface area contributed by atoms with E-state index in [2.05, 4.69) is 41.1 Å². The van der Waals surface area contributed by atoms with Gasteiger partial charge in [-0.25, -0.2) is 4.98 Å². The van der Waals surface area contributed by atoms with Crippen molar-refractivity contribution in [1.29, 1.82) is 0 Å². The molecule has 4 rings (SSSR count). The Balaban J connectivity index is 1.56. The number of aliphatic hydroxyl groups is 1. The molecule has 1 heterocycles. The molecule has 0 aliphatic heterocycles. The normalized spacial score (nSPS) is 21.2. The highest BCUT2D eigenvalue weighted by Gasteiger charge is 2.34. The highest BCUT2D eigenvalue weighted by atomic mass is 16.3. The van der Waals surface area contributed by atoms with E-state index in [1.165, 1.54) is 5.56 Å². The van der Waals surface area contributed by atoms with Crippen LogP contribution in [0.5, 0.6) is 0 Å². The number of imidazole rings is 1. The van der Waals surface area contributed by atoms with E-state index in [1.54, 1.807) is 0 Å². The molecule has 4 nitrogen and oxygen atoms in total. The van der Waals surface area contributed by atoms with Crippen LogP contribution >= 0.6 is 0 Å². The smallest absolute Gasteiger partial charge is 0.126 e. The van der Waals surface area contributed by atoms with E-state index >= 15 is 0 Å². The first-order valence-corrected chi connectivity index (χ1v) is 9.04. The lowest BCUT2D eigenvalue weighted by molar-refractivity contribution is 0.0168. The number of hydrogen-bond donors (Lipinski definition) is 2. The minimum absolute atomic E-state index is 0.0653. The molecule has 2 unspecified atom stereocenters. The van der Waals surface area contributed by atoms with Gasteiger partial charge >= 0.3 is 0 Å². The lowest BCUT2D eigenvalue weighted by atomic mass is 9.79. The Labute approximate surface area is 148 Å². The molecule has 1 aliphatic rings. The molecule has 0 saturated carbocycles. The van der Waals surface area contributed by atoms with Gasteiger partial charge in [0.05, 0.1) is 17.1 Å². The third-order valence-corrected chi connectivity index (χ3v) is 5.46. The fourth-order valence-corrected chi connectivity index (χ4v) is 4.05. The Morgan fingerprint density at radius 3 is 2.80 bits per heavy atom. The first kappa shape index (κ1) is 16.3. The van der Waals surface area contributed by atoms with Crippen molar-refractivity contribution in [2.45, 2.75) is 37.8 Å². The van der Waals surface area contributed by atoms with Crippen molar-refractivity contribution in [3.63, 3.8) is 0 Å². The molecule has 2 N–H and O–H groups in total. The predicted octanol–water partition coefficient (Wildman–Crippen LogP) is 3.45. The maximum atomic E-state index is 11.2. The van der Waals surface area contributed by atoms with E-state index in [0.717, 1.165) is 41.7 Å². The van der Waals surface area contributed by atoms with Gasteiger partial charge in [-0.15, -0.1) is 0 Å². The van der Waals surface area contributed by atoms with Crippen LogP contribution in [0.25, 0.3) is 11.0 Å². The molecule has 2 atom stereocenters. The summed E-state index contributed by atoms with van der Waals surface area (Å²) in [6.07, 6.45) is 2.88.